The fourth-order valence-electron chi connectivity index (χ4n) is 2.35. The van der Waals surface area contributed by atoms with Gasteiger partial charge in [-0.3, -0.25) is 14.9 Å². The van der Waals surface area contributed by atoms with Crippen molar-refractivity contribution in [2.75, 3.05) is 0 Å². The highest BCUT2D eigenvalue weighted by Crippen LogP contribution is 2.42. The molecule has 3 aromatic rings. The minimum absolute atomic E-state index is 0.0295. The largest absolute Gasteiger partial charge is 0.460 e. The third kappa shape index (κ3) is 3.27. The molecule has 0 aliphatic heterocycles. The van der Waals surface area contributed by atoms with Gasteiger partial charge in [-0.1, -0.05) is 56.1 Å². The van der Waals surface area contributed by atoms with Gasteiger partial charge in [0.25, 0.3) is 5.69 Å². The Kier molecular flexibility index (Phi) is 4.82. The van der Waals surface area contributed by atoms with Crippen molar-refractivity contribution in [2.24, 2.45) is 0 Å². The smallest absolute Gasteiger partial charge is 0.269 e. The van der Waals surface area contributed by atoms with Gasteiger partial charge in [-0.25, -0.2) is 0 Å². The van der Waals surface area contributed by atoms with Gasteiger partial charge >= 0.3 is 0 Å². The monoisotopic (exact) mass is 451 g/mol. The number of non-ortho nitro benzene ring substituents is 1. The molecule has 0 radical (unpaired) electrons. The SMILES string of the molecule is O=c1cc(C(Br)C(Br)c2ccc([N+](=O)[O-])cc2)oc2ccccc12. The highest BCUT2D eigenvalue weighted by Gasteiger charge is 2.23. The number of fused-ring (bicyclic) bond motifs is 1. The number of nitro benzene ring substituents is 1. The van der Waals surface area contributed by atoms with E-state index in [-0.39, 0.29) is 20.8 Å². The lowest BCUT2D eigenvalue weighted by atomic mass is 10.1. The average Bonchev–Trinajstić information content (AvgIpc) is 2.60. The van der Waals surface area contributed by atoms with Crippen LogP contribution in [0.3, 0.4) is 0 Å². The van der Waals surface area contributed by atoms with Crippen molar-refractivity contribution in [2.45, 2.75) is 9.65 Å². The van der Waals surface area contributed by atoms with Crippen LogP contribution < -0.4 is 5.43 Å². The van der Waals surface area contributed by atoms with Crippen LogP contribution in [-0.4, -0.2) is 4.92 Å². The second-order valence-corrected chi connectivity index (χ2v) is 7.13. The number of alkyl halides is 2. The van der Waals surface area contributed by atoms with E-state index in [4.69, 9.17) is 4.42 Å². The molecule has 1 aromatic heterocycles. The van der Waals surface area contributed by atoms with Gasteiger partial charge < -0.3 is 4.42 Å². The molecule has 0 bridgehead atoms. The molecule has 7 heteroatoms. The molecule has 122 valence electrons. The normalized spacial score (nSPS) is 13.6. The van der Waals surface area contributed by atoms with E-state index < -0.39 is 4.92 Å². The quantitative estimate of drug-likeness (QED) is 0.307. The standard InChI is InChI=1S/C17H11Br2NO4/c18-16(10-5-7-11(8-6-10)20(22)23)17(19)15-9-13(21)12-3-1-2-4-14(12)24-15/h1-9,16-17H. The number of nitrogens with zero attached hydrogens (tertiary/aromatic N) is 1. The summed E-state index contributed by atoms with van der Waals surface area (Å²) in [4.78, 5) is 22.0. The first-order valence-corrected chi connectivity index (χ1v) is 8.86. The molecular weight excluding hydrogens is 442 g/mol. The van der Waals surface area contributed by atoms with Crippen LogP contribution in [0.15, 0.2) is 63.8 Å². The summed E-state index contributed by atoms with van der Waals surface area (Å²) in [5.74, 6) is 0.485. The zero-order chi connectivity index (χ0) is 17.3. The minimum Gasteiger partial charge on any atom is -0.460 e. The lowest BCUT2D eigenvalue weighted by Crippen LogP contribution is -2.06. The second-order valence-electron chi connectivity index (χ2n) is 5.16. The summed E-state index contributed by atoms with van der Waals surface area (Å²) in [5, 5.41) is 11.3. The summed E-state index contributed by atoms with van der Waals surface area (Å²) in [5.41, 5.74) is 1.27. The number of nitro groups is 1. The Morgan fingerprint density at radius 2 is 1.67 bits per heavy atom. The lowest BCUT2D eigenvalue weighted by molar-refractivity contribution is -0.384. The number of para-hydroxylation sites is 1. The Labute approximate surface area is 153 Å². The van der Waals surface area contributed by atoms with Gasteiger partial charge in [0.2, 0.25) is 0 Å². The van der Waals surface area contributed by atoms with Gasteiger partial charge in [0.1, 0.15) is 11.3 Å². The molecule has 0 spiro atoms. The molecule has 0 aliphatic rings. The van der Waals surface area contributed by atoms with Crippen molar-refractivity contribution in [3.8, 4) is 0 Å². The zero-order valence-corrected chi connectivity index (χ0v) is 15.4. The van der Waals surface area contributed by atoms with E-state index in [0.29, 0.717) is 16.7 Å². The summed E-state index contributed by atoms with van der Waals surface area (Å²) in [7, 11) is 0. The maximum atomic E-state index is 12.2. The maximum absolute atomic E-state index is 12.2. The molecule has 5 nitrogen and oxygen atoms in total. The maximum Gasteiger partial charge on any atom is 0.269 e. The molecule has 24 heavy (non-hydrogen) atoms. The van der Waals surface area contributed by atoms with Crippen molar-refractivity contribution >= 4 is 48.5 Å². The molecule has 2 atom stereocenters. The zero-order valence-electron chi connectivity index (χ0n) is 12.2. The molecule has 0 fully saturated rings. The van der Waals surface area contributed by atoms with E-state index in [1.165, 1.54) is 18.2 Å². The summed E-state index contributed by atoms with van der Waals surface area (Å²) in [6.45, 7) is 0. The summed E-state index contributed by atoms with van der Waals surface area (Å²) in [6, 6.07) is 14.7. The lowest BCUT2D eigenvalue weighted by Gasteiger charge is -2.16. The Bertz CT molecular complexity index is 953. The predicted octanol–water partition coefficient (Wildman–Crippen LogP) is 5.27. The molecule has 1 heterocycles. The number of hydrogen-bond donors (Lipinski definition) is 0. The van der Waals surface area contributed by atoms with Gasteiger partial charge in [-0.15, -0.1) is 0 Å². The fraction of sp³-hybridized carbons (Fsp3) is 0.118. The fourth-order valence-corrected chi connectivity index (χ4v) is 3.45. The van der Waals surface area contributed by atoms with Gasteiger partial charge in [0.15, 0.2) is 5.43 Å². The van der Waals surface area contributed by atoms with E-state index in [2.05, 4.69) is 31.9 Å². The molecule has 0 aliphatic carbocycles. The van der Waals surface area contributed by atoms with Crippen LogP contribution in [-0.2, 0) is 0 Å². The van der Waals surface area contributed by atoms with Gasteiger partial charge in [-0.2, -0.15) is 0 Å². The summed E-state index contributed by atoms with van der Waals surface area (Å²) in [6.07, 6.45) is 0. The predicted molar refractivity (Wildman–Crippen MR) is 98.9 cm³/mol. The van der Waals surface area contributed by atoms with E-state index in [1.54, 1.807) is 36.4 Å². The van der Waals surface area contributed by atoms with Gasteiger partial charge in [-0.05, 0) is 17.7 Å². The molecule has 0 saturated carbocycles. The average molecular weight is 453 g/mol. The van der Waals surface area contributed by atoms with E-state index >= 15 is 0 Å². The van der Waals surface area contributed by atoms with Crippen LogP contribution in [0.2, 0.25) is 0 Å². The molecule has 2 aromatic carbocycles. The Morgan fingerprint density at radius 1 is 1.00 bits per heavy atom. The van der Waals surface area contributed by atoms with Crippen LogP contribution in [0.4, 0.5) is 5.69 Å². The van der Waals surface area contributed by atoms with Crippen molar-refractivity contribution in [3.63, 3.8) is 0 Å². The summed E-state index contributed by atoms with van der Waals surface area (Å²) < 4.78 is 5.82. The van der Waals surface area contributed by atoms with Crippen molar-refractivity contribution < 1.29 is 9.34 Å². The van der Waals surface area contributed by atoms with E-state index in [9.17, 15) is 14.9 Å². The topological polar surface area (TPSA) is 73.3 Å². The van der Waals surface area contributed by atoms with E-state index in [0.717, 1.165) is 5.56 Å². The third-order valence-electron chi connectivity index (χ3n) is 3.60. The van der Waals surface area contributed by atoms with Crippen LogP contribution in [0.25, 0.3) is 11.0 Å². The first kappa shape index (κ1) is 16.9. The van der Waals surface area contributed by atoms with Crippen LogP contribution in [0.1, 0.15) is 21.0 Å². The number of rotatable bonds is 4. The molecule has 0 amide bonds. The highest BCUT2D eigenvalue weighted by molar-refractivity contribution is 9.12. The minimum atomic E-state index is -0.443. The van der Waals surface area contributed by atoms with Crippen molar-refractivity contribution in [1.29, 1.82) is 0 Å². The highest BCUT2D eigenvalue weighted by atomic mass is 79.9. The Morgan fingerprint density at radius 3 is 2.33 bits per heavy atom. The van der Waals surface area contributed by atoms with Crippen LogP contribution in [0, 0.1) is 10.1 Å². The molecule has 0 N–H and O–H groups in total. The Hall–Kier alpha value is -1.99. The van der Waals surface area contributed by atoms with Crippen LogP contribution in [0.5, 0.6) is 0 Å². The Balaban J connectivity index is 1.94. The number of hydrogen-bond acceptors (Lipinski definition) is 4. The van der Waals surface area contributed by atoms with Crippen LogP contribution >= 0.6 is 31.9 Å². The first-order chi connectivity index (χ1) is 11.5. The van der Waals surface area contributed by atoms with Gasteiger partial charge in [0.05, 0.1) is 20.0 Å². The second kappa shape index (κ2) is 6.86. The van der Waals surface area contributed by atoms with Crippen molar-refractivity contribution in [1.82, 2.24) is 0 Å². The van der Waals surface area contributed by atoms with Gasteiger partial charge in [0, 0.05) is 18.2 Å². The molecule has 0 saturated heterocycles. The van der Waals surface area contributed by atoms with E-state index in [1.807, 2.05) is 0 Å². The number of halogens is 2. The van der Waals surface area contributed by atoms with Crippen molar-refractivity contribution in [3.05, 3.63) is 86.3 Å². The molecule has 2 unspecified atom stereocenters. The summed E-state index contributed by atoms with van der Waals surface area (Å²) >= 11 is 7.10. The first-order valence-electron chi connectivity index (χ1n) is 7.02. The molecular formula is C17H11Br2NO4. The number of benzene rings is 2. The molecule has 3 rings (SSSR count). The third-order valence-corrected chi connectivity index (χ3v) is 6.35.